The van der Waals surface area contributed by atoms with Crippen molar-refractivity contribution in [1.82, 2.24) is 0 Å². The van der Waals surface area contributed by atoms with E-state index in [9.17, 15) is 5.11 Å². The van der Waals surface area contributed by atoms with Gasteiger partial charge in [-0.25, -0.2) is 0 Å². The zero-order chi connectivity index (χ0) is 13.1. The van der Waals surface area contributed by atoms with E-state index in [1.54, 1.807) is 12.1 Å². The predicted molar refractivity (Wildman–Crippen MR) is 79.3 cm³/mol. The summed E-state index contributed by atoms with van der Waals surface area (Å²) in [5.74, 6) is 0. The van der Waals surface area contributed by atoms with Crippen LogP contribution < -0.4 is 0 Å². The molecule has 18 heavy (non-hydrogen) atoms. The Kier molecular flexibility index (Phi) is 4.68. The van der Waals surface area contributed by atoms with Gasteiger partial charge in [-0.05, 0) is 41.5 Å². The third-order valence-electron chi connectivity index (χ3n) is 2.61. The molecule has 0 saturated heterocycles. The lowest BCUT2D eigenvalue weighted by molar-refractivity contribution is 0.178. The third kappa shape index (κ3) is 3.72. The molecule has 0 spiro atoms. The Labute approximate surface area is 124 Å². The van der Waals surface area contributed by atoms with E-state index < -0.39 is 6.10 Å². The number of benzene rings is 2. The maximum absolute atomic E-state index is 10.2. The van der Waals surface area contributed by atoms with Crippen LogP contribution >= 0.6 is 39.1 Å². The van der Waals surface area contributed by atoms with Crippen LogP contribution in [0.5, 0.6) is 0 Å². The lowest BCUT2D eigenvalue weighted by Crippen LogP contribution is -2.01. The average molecular weight is 346 g/mol. The summed E-state index contributed by atoms with van der Waals surface area (Å²) in [6, 6.07) is 12.9. The first-order valence-corrected chi connectivity index (χ1v) is 6.98. The molecule has 1 unspecified atom stereocenters. The molecule has 0 amide bonds. The predicted octanol–water partition coefficient (Wildman–Crippen LogP) is 5.03. The fourth-order valence-corrected chi connectivity index (χ4v) is 2.74. The summed E-state index contributed by atoms with van der Waals surface area (Å²) in [6.07, 6.45) is -0.0505. The van der Waals surface area contributed by atoms with Crippen LogP contribution in [0.25, 0.3) is 0 Å². The second-order valence-corrected chi connectivity index (χ2v) is 5.84. The van der Waals surface area contributed by atoms with E-state index >= 15 is 0 Å². The van der Waals surface area contributed by atoms with Gasteiger partial charge in [0.2, 0.25) is 0 Å². The van der Waals surface area contributed by atoms with Crippen molar-refractivity contribution in [2.24, 2.45) is 0 Å². The minimum absolute atomic E-state index is 0.532. The van der Waals surface area contributed by atoms with E-state index in [4.69, 9.17) is 23.2 Å². The normalized spacial score (nSPS) is 12.4. The topological polar surface area (TPSA) is 20.2 Å². The van der Waals surface area contributed by atoms with Gasteiger partial charge in [-0.2, -0.15) is 0 Å². The largest absolute Gasteiger partial charge is 0.388 e. The summed E-state index contributed by atoms with van der Waals surface area (Å²) in [6.45, 7) is 0. The molecule has 0 aliphatic heterocycles. The van der Waals surface area contributed by atoms with Crippen molar-refractivity contribution >= 4 is 39.1 Å². The SMILES string of the molecule is OC(Cc1ccc(Cl)cc1)c1cc(Cl)cc(Br)c1. The van der Waals surface area contributed by atoms with Gasteiger partial charge < -0.3 is 5.11 Å². The van der Waals surface area contributed by atoms with Crippen molar-refractivity contribution in [2.45, 2.75) is 12.5 Å². The van der Waals surface area contributed by atoms with E-state index in [2.05, 4.69) is 15.9 Å². The average Bonchev–Trinajstić information content (AvgIpc) is 2.31. The highest BCUT2D eigenvalue weighted by Crippen LogP contribution is 2.26. The van der Waals surface area contributed by atoms with Crippen molar-refractivity contribution in [1.29, 1.82) is 0 Å². The Morgan fingerprint density at radius 3 is 2.28 bits per heavy atom. The Morgan fingerprint density at radius 2 is 1.67 bits per heavy atom. The Morgan fingerprint density at radius 1 is 1.00 bits per heavy atom. The standard InChI is InChI=1S/C14H11BrCl2O/c15-11-6-10(7-13(17)8-11)14(18)5-9-1-3-12(16)4-2-9/h1-4,6-8,14,18H,5H2. The first kappa shape index (κ1) is 13.9. The monoisotopic (exact) mass is 344 g/mol. The van der Waals surface area contributed by atoms with Gasteiger partial charge in [0.05, 0.1) is 6.10 Å². The van der Waals surface area contributed by atoms with Crippen molar-refractivity contribution in [2.75, 3.05) is 0 Å². The van der Waals surface area contributed by atoms with Crippen LogP contribution in [0.15, 0.2) is 46.9 Å². The Hall–Kier alpha value is -0.540. The zero-order valence-corrected chi connectivity index (χ0v) is 12.5. The highest BCUT2D eigenvalue weighted by Gasteiger charge is 2.10. The van der Waals surface area contributed by atoms with Gasteiger partial charge in [-0.15, -0.1) is 0 Å². The van der Waals surface area contributed by atoms with E-state index in [1.165, 1.54) is 0 Å². The maximum Gasteiger partial charge on any atom is 0.0831 e. The molecule has 1 N–H and O–H groups in total. The number of halogens is 3. The summed E-state index contributed by atoms with van der Waals surface area (Å²) in [5.41, 5.74) is 1.83. The molecule has 4 heteroatoms. The molecular weight excluding hydrogens is 335 g/mol. The van der Waals surface area contributed by atoms with E-state index in [-0.39, 0.29) is 0 Å². The minimum Gasteiger partial charge on any atom is -0.388 e. The third-order valence-corrected chi connectivity index (χ3v) is 3.54. The first-order valence-electron chi connectivity index (χ1n) is 5.43. The van der Waals surface area contributed by atoms with E-state index in [1.807, 2.05) is 30.3 Å². The summed E-state index contributed by atoms with van der Waals surface area (Å²) in [4.78, 5) is 0. The van der Waals surface area contributed by atoms with Crippen molar-refractivity contribution in [3.63, 3.8) is 0 Å². The van der Waals surface area contributed by atoms with Crippen LogP contribution in [-0.4, -0.2) is 5.11 Å². The van der Waals surface area contributed by atoms with Crippen LogP contribution in [0.3, 0.4) is 0 Å². The molecule has 0 radical (unpaired) electrons. The first-order chi connectivity index (χ1) is 8.54. The molecule has 0 bridgehead atoms. The van der Waals surface area contributed by atoms with Gasteiger partial charge in [0, 0.05) is 20.9 Å². The van der Waals surface area contributed by atoms with Crippen molar-refractivity contribution in [3.8, 4) is 0 Å². The molecule has 0 fully saturated rings. The Bertz CT molecular complexity index is 520. The van der Waals surface area contributed by atoms with Crippen LogP contribution in [0.1, 0.15) is 17.2 Å². The smallest absolute Gasteiger partial charge is 0.0831 e. The van der Waals surface area contributed by atoms with Gasteiger partial charge in [0.25, 0.3) is 0 Å². The van der Waals surface area contributed by atoms with E-state index in [0.717, 1.165) is 15.6 Å². The molecule has 0 aliphatic rings. The molecule has 2 rings (SSSR count). The van der Waals surface area contributed by atoms with Gasteiger partial charge in [-0.1, -0.05) is 51.3 Å². The molecule has 94 valence electrons. The molecule has 0 aromatic heterocycles. The Balaban J connectivity index is 2.16. The second-order valence-electron chi connectivity index (χ2n) is 4.05. The second kappa shape index (κ2) is 6.07. The van der Waals surface area contributed by atoms with Gasteiger partial charge in [0.1, 0.15) is 0 Å². The van der Waals surface area contributed by atoms with Gasteiger partial charge >= 0.3 is 0 Å². The molecule has 0 aliphatic carbocycles. The quantitative estimate of drug-likeness (QED) is 0.826. The minimum atomic E-state index is -0.582. The molecule has 1 atom stereocenters. The number of hydrogen-bond acceptors (Lipinski definition) is 1. The van der Waals surface area contributed by atoms with Crippen LogP contribution in [0, 0.1) is 0 Å². The summed E-state index contributed by atoms with van der Waals surface area (Å²) < 4.78 is 0.861. The molecule has 2 aromatic carbocycles. The molecule has 2 aromatic rings. The van der Waals surface area contributed by atoms with Gasteiger partial charge in [-0.3, -0.25) is 0 Å². The number of aliphatic hydroxyl groups is 1. The summed E-state index contributed by atoms with van der Waals surface area (Å²) >= 11 is 15.1. The number of hydrogen-bond donors (Lipinski definition) is 1. The van der Waals surface area contributed by atoms with Crippen molar-refractivity contribution in [3.05, 3.63) is 68.1 Å². The molecular formula is C14H11BrCl2O. The van der Waals surface area contributed by atoms with Crippen LogP contribution in [-0.2, 0) is 6.42 Å². The van der Waals surface area contributed by atoms with Crippen molar-refractivity contribution < 1.29 is 5.11 Å². The number of rotatable bonds is 3. The fourth-order valence-electron chi connectivity index (χ4n) is 1.73. The molecule has 0 heterocycles. The fraction of sp³-hybridized carbons (Fsp3) is 0.143. The lowest BCUT2D eigenvalue weighted by Gasteiger charge is -2.12. The highest BCUT2D eigenvalue weighted by atomic mass is 79.9. The van der Waals surface area contributed by atoms with Gasteiger partial charge in [0.15, 0.2) is 0 Å². The van der Waals surface area contributed by atoms with Crippen LogP contribution in [0.4, 0.5) is 0 Å². The van der Waals surface area contributed by atoms with Crippen LogP contribution in [0.2, 0.25) is 10.0 Å². The summed E-state index contributed by atoms with van der Waals surface area (Å²) in [5, 5.41) is 11.5. The maximum atomic E-state index is 10.2. The molecule has 1 nitrogen and oxygen atoms in total. The summed E-state index contributed by atoms with van der Waals surface area (Å²) in [7, 11) is 0. The zero-order valence-electron chi connectivity index (χ0n) is 9.41. The van der Waals surface area contributed by atoms with E-state index in [0.29, 0.717) is 16.5 Å². The lowest BCUT2D eigenvalue weighted by atomic mass is 10.0. The highest BCUT2D eigenvalue weighted by molar-refractivity contribution is 9.10. The number of aliphatic hydroxyl groups excluding tert-OH is 1. The molecule has 0 saturated carbocycles.